The molecule has 0 radical (unpaired) electrons. The molecule has 2 bridgehead atoms. The number of carbonyl (C=O) groups is 1. The van der Waals surface area contributed by atoms with E-state index in [2.05, 4.69) is 69.5 Å². The highest BCUT2D eigenvalue weighted by Gasteiger charge is 2.60. The molecular formula is C25H38N2O2. The second-order valence-corrected chi connectivity index (χ2v) is 10.6. The Kier molecular flexibility index (Phi) is 5.31. The second kappa shape index (κ2) is 7.39. The van der Waals surface area contributed by atoms with Crippen molar-refractivity contribution in [1.82, 2.24) is 10.6 Å². The monoisotopic (exact) mass is 398 g/mol. The fraction of sp³-hybridized carbons (Fsp3) is 0.720. The van der Waals surface area contributed by atoms with Crippen LogP contribution in [0.3, 0.4) is 0 Å². The van der Waals surface area contributed by atoms with Gasteiger partial charge in [-0.2, -0.15) is 0 Å². The third-order valence-corrected chi connectivity index (χ3v) is 8.14. The highest BCUT2D eigenvalue weighted by molar-refractivity contribution is 5.74. The topological polar surface area (TPSA) is 50.4 Å². The third kappa shape index (κ3) is 3.53. The van der Waals surface area contributed by atoms with Gasteiger partial charge < -0.3 is 15.4 Å². The number of carbonyl (C=O) groups excluding carboxylic acids is 1. The van der Waals surface area contributed by atoms with E-state index in [1.54, 1.807) is 6.92 Å². The first-order chi connectivity index (χ1) is 13.6. The number of nitrogens with one attached hydrogen (secondary N) is 2. The summed E-state index contributed by atoms with van der Waals surface area (Å²) in [6.07, 6.45) is 3.21. The fourth-order valence-electron chi connectivity index (χ4n) is 6.66. The van der Waals surface area contributed by atoms with E-state index >= 15 is 0 Å². The average molecular weight is 399 g/mol. The molecule has 2 aliphatic heterocycles. The van der Waals surface area contributed by atoms with Crippen molar-refractivity contribution in [2.24, 2.45) is 17.8 Å². The Labute approximate surface area is 176 Å². The van der Waals surface area contributed by atoms with E-state index in [1.165, 1.54) is 17.5 Å². The number of piperidine rings is 1. The Morgan fingerprint density at radius 1 is 1.17 bits per heavy atom. The maximum Gasteiger partial charge on any atom is 0.217 e. The molecule has 0 aromatic heterocycles. The Morgan fingerprint density at radius 2 is 1.83 bits per heavy atom. The molecule has 2 unspecified atom stereocenters. The van der Waals surface area contributed by atoms with Crippen molar-refractivity contribution in [1.29, 1.82) is 0 Å². The van der Waals surface area contributed by atoms with Crippen LogP contribution in [0.25, 0.3) is 0 Å². The number of fused-ring (bicyclic) bond motifs is 4. The summed E-state index contributed by atoms with van der Waals surface area (Å²) < 4.78 is 6.44. The smallest absolute Gasteiger partial charge is 0.217 e. The third-order valence-electron chi connectivity index (χ3n) is 8.14. The quantitative estimate of drug-likeness (QED) is 0.785. The van der Waals surface area contributed by atoms with Crippen LogP contribution in [0, 0.1) is 17.8 Å². The molecule has 160 valence electrons. The highest BCUT2D eigenvalue weighted by atomic mass is 16.5. The van der Waals surface area contributed by atoms with Crippen molar-refractivity contribution < 1.29 is 9.53 Å². The molecule has 1 aromatic carbocycles. The lowest BCUT2D eigenvalue weighted by molar-refractivity contribution is -0.160. The number of benzene rings is 1. The van der Waals surface area contributed by atoms with Crippen molar-refractivity contribution in [3.8, 4) is 0 Å². The zero-order valence-electron chi connectivity index (χ0n) is 18.9. The van der Waals surface area contributed by atoms with Crippen LogP contribution in [0.1, 0.15) is 84.0 Å². The minimum Gasteiger partial charge on any atom is -0.373 e. The summed E-state index contributed by atoms with van der Waals surface area (Å²) >= 11 is 0. The van der Waals surface area contributed by atoms with Crippen molar-refractivity contribution in [3.63, 3.8) is 0 Å². The summed E-state index contributed by atoms with van der Waals surface area (Å²) in [5, 5.41) is 7.35. The Bertz CT molecular complexity index is 757. The van der Waals surface area contributed by atoms with E-state index < -0.39 is 0 Å². The minimum absolute atomic E-state index is 0.0446. The van der Waals surface area contributed by atoms with Gasteiger partial charge in [0.1, 0.15) is 0 Å². The summed E-state index contributed by atoms with van der Waals surface area (Å²) in [6, 6.07) is 9.37. The van der Waals surface area contributed by atoms with E-state index in [9.17, 15) is 4.79 Å². The molecule has 2 heterocycles. The lowest BCUT2D eigenvalue weighted by Gasteiger charge is -2.63. The molecule has 4 heteroatoms. The molecule has 3 fully saturated rings. The van der Waals surface area contributed by atoms with Crippen LogP contribution in [0.5, 0.6) is 0 Å². The fourth-order valence-corrected chi connectivity index (χ4v) is 6.66. The minimum atomic E-state index is -0.190. The summed E-state index contributed by atoms with van der Waals surface area (Å²) in [5.41, 5.74) is 2.54. The van der Waals surface area contributed by atoms with Crippen molar-refractivity contribution in [2.45, 2.75) is 89.9 Å². The Morgan fingerprint density at radius 3 is 2.45 bits per heavy atom. The van der Waals surface area contributed by atoms with Gasteiger partial charge in [-0.3, -0.25) is 4.79 Å². The van der Waals surface area contributed by atoms with E-state index in [1.807, 2.05) is 0 Å². The summed E-state index contributed by atoms with van der Waals surface area (Å²) in [5.74, 6) is 1.94. The van der Waals surface area contributed by atoms with Gasteiger partial charge in [-0.05, 0) is 68.9 Å². The Balaban J connectivity index is 1.74. The van der Waals surface area contributed by atoms with Gasteiger partial charge in [-0.1, -0.05) is 38.1 Å². The largest absolute Gasteiger partial charge is 0.373 e. The molecule has 1 amide bonds. The van der Waals surface area contributed by atoms with Gasteiger partial charge in [0.15, 0.2) is 0 Å². The van der Waals surface area contributed by atoms with Gasteiger partial charge in [0.25, 0.3) is 0 Å². The molecular weight excluding hydrogens is 360 g/mol. The molecule has 1 aromatic rings. The van der Waals surface area contributed by atoms with Crippen molar-refractivity contribution in [3.05, 3.63) is 35.4 Å². The zero-order chi connectivity index (χ0) is 21.0. The van der Waals surface area contributed by atoms with Gasteiger partial charge in [-0.25, -0.2) is 0 Å². The van der Waals surface area contributed by atoms with Crippen molar-refractivity contribution in [2.75, 3.05) is 6.61 Å². The molecule has 4 nitrogen and oxygen atoms in total. The van der Waals surface area contributed by atoms with Gasteiger partial charge in [-0.15, -0.1) is 0 Å². The van der Waals surface area contributed by atoms with Crippen LogP contribution < -0.4 is 10.6 Å². The molecule has 2 saturated heterocycles. The van der Waals surface area contributed by atoms with Gasteiger partial charge in [0, 0.05) is 31.0 Å². The first-order valence-electron chi connectivity index (χ1n) is 11.4. The molecule has 3 aliphatic rings. The standard InChI is InChI=1S/C25H38N2O2/c1-15(2)18-7-9-19(10-8-18)23-22-14-20-13-21(16(3)26-24(20,5)6)25(22,11-12-29-23)27-17(4)28/h7-10,15-16,20-23,26H,11-14H2,1-6H3,(H,27,28)/t16-,20?,21?,22+,23+,25+/m1/s1. The number of amides is 1. The lowest BCUT2D eigenvalue weighted by atomic mass is 9.52. The number of ether oxygens (including phenoxy) is 1. The predicted molar refractivity (Wildman–Crippen MR) is 117 cm³/mol. The number of hydrogen-bond acceptors (Lipinski definition) is 3. The van der Waals surface area contributed by atoms with Crippen LogP contribution in [-0.2, 0) is 9.53 Å². The van der Waals surface area contributed by atoms with Crippen LogP contribution in [0.15, 0.2) is 24.3 Å². The number of rotatable bonds is 3. The second-order valence-electron chi connectivity index (χ2n) is 10.6. The maximum atomic E-state index is 12.3. The van der Waals surface area contributed by atoms with Crippen LogP contribution in [-0.4, -0.2) is 29.6 Å². The van der Waals surface area contributed by atoms with Crippen LogP contribution in [0.2, 0.25) is 0 Å². The maximum absolute atomic E-state index is 12.3. The first-order valence-corrected chi connectivity index (χ1v) is 11.4. The highest BCUT2D eigenvalue weighted by Crippen LogP contribution is 2.56. The van der Waals surface area contributed by atoms with Gasteiger partial charge in [0.05, 0.1) is 11.6 Å². The van der Waals surface area contributed by atoms with Gasteiger partial charge >= 0.3 is 0 Å². The Hall–Kier alpha value is -1.39. The summed E-state index contributed by atoms with van der Waals surface area (Å²) in [7, 11) is 0. The average Bonchev–Trinajstić information content (AvgIpc) is 2.64. The van der Waals surface area contributed by atoms with Gasteiger partial charge in [0.2, 0.25) is 5.91 Å². The van der Waals surface area contributed by atoms with Crippen LogP contribution in [0.4, 0.5) is 0 Å². The normalized spacial score (nSPS) is 38.4. The lowest BCUT2D eigenvalue weighted by Crippen LogP contribution is -2.73. The molecule has 6 atom stereocenters. The molecule has 4 rings (SSSR count). The van der Waals surface area contributed by atoms with E-state index in [4.69, 9.17) is 4.74 Å². The molecule has 1 saturated carbocycles. The summed E-state index contributed by atoms with van der Waals surface area (Å²) in [6.45, 7) is 13.8. The first kappa shape index (κ1) is 20.9. The van der Waals surface area contributed by atoms with Crippen molar-refractivity contribution >= 4 is 5.91 Å². The van der Waals surface area contributed by atoms with E-state index in [-0.39, 0.29) is 23.1 Å². The SMILES string of the molecule is CC(=O)N[C@]12CCO[C@@H](c3ccc(C(C)C)cc3)[C@@H]1CC1CC2[C@@H](C)NC1(C)C. The van der Waals surface area contributed by atoms with Crippen LogP contribution >= 0.6 is 0 Å². The molecule has 1 aliphatic carbocycles. The number of hydrogen-bond donors (Lipinski definition) is 2. The summed E-state index contributed by atoms with van der Waals surface area (Å²) in [4.78, 5) is 12.3. The van der Waals surface area contributed by atoms with E-state index in [0.29, 0.717) is 36.3 Å². The molecule has 29 heavy (non-hydrogen) atoms. The molecule has 2 N–H and O–H groups in total. The predicted octanol–water partition coefficient (Wildman–Crippen LogP) is 4.56. The zero-order valence-corrected chi connectivity index (χ0v) is 18.9. The van der Waals surface area contributed by atoms with E-state index in [0.717, 1.165) is 12.8 Å². The molecule has 0 spiro atoms.